The van der Waals surface area contributed by atoms with E-state index in [1.807, 2.05) is 0 Å². The molecule has 2 N–H and O–H groups in total. The van der Waals surface area contributed by atoms with Gasteiger partial charge in [-0.3, -0.25) is 20.4 Å². The molecular weight excluding hydrogens is 274 g/mol. The molecule has 21 heavy (non-hydrogen) atoms. The van der Waals surface area contributed by atoms with Crippen molar-refractivity contribution in [3.8, 4) is 5.88 Å². The number of amides is 1. The summed E-state index contributed by atoms with van der Waals surface area (Å²) >= 11 is 0. The number of nitrogens with one attached hydrogen (secondary N) is 2. The lowest BCUT2D eigenvalue weighted by atomic mass is 10.4. The fraction of sp³-hybridized carbons (Fsp3) is 0.231. The number of hydrazine groups is 1. The second-order valence-corrected chi connectivity index (χ2v) is 4.08. The van der Waals surface area contributed by atoms with Crippen molar-refractivity contribution in [2.75, 3.05) is 12.5 Å². The molecule has 0 atom stereocenters. The molecule has 8 heteroatoms. The van der Waals surface area contributed by atoms with Gasteiger partial charge in [-0.25, -0.2) is 4.98 Å². The summed E-state index contributed by atoms with van der Waals surface area (Å²) in [5, 5.41) is 0. The molecule has 0 aliphatic rings. The minimum atomic E-state index is -0.280. The number of rotatable bonds is 6. The van der Waals surface area contributed by atoms with E-state index in [9.17, 15) is 9.59 Å². The molecule has 0 radical (unpaired) electrons. The molecule has 0 spiro atoms. The van der Waals surface area contributed by atoms with Crippen molar-refractivity contribution in [2.45, 2.75) is 13.0 Å². The minimum Gasteiger partial charge on any atom is -0.481 e. The zero-order valence-corrected chi connectivity index (χ0v) is 11.4. The van der Waals surface area contributed by atoms with Gasteiger partial charge in [-0.2, -0.15) is 4.98 Å². The monoisotopic (exact) mass is 289 g/mol. The van der Waals surface area contributed by atoms with Crippen LogP contribution in [-0.2, 0) is 11.3 Å². The summed E-state index contributed by atoms with van der Waals surface area (Å²) < 4.78 is 6.40. The van der Waals surface area contributed by atoms with Crippen molar-refractivity contribution in [2.24, 2.45) is 0 Å². The molecule has 0 saturated carbocycles. The summed E-state index contributed by atoms with van der Waals surface area (Å²) in [6.45, 7) is 0.298. The lowest BCUT2D eigenvalue weighted by Crippen LogP contribution is -2.32. The highest BCUT2D eigenvalue weighted by Crippen LogP contribution is 2.05. The Morgan fingerprint density at radius 2 is 2.24 bits per heavy atom. The van der Waals surface area contributed by atoms with Crippen LogP contribution in [0.1, 0.15) is 6.42 Å². The minimum absolute atomic E-state index is 0.144. The summed E-state index contributed by atoms with van der Waals surface area (Å²) in [5.41, 5.74) is 4.89. The fourth-order valence-electron chi connectivity index (χ4n) is 1.57. The maximum atomic E-state index is 11.7. The molecule has 2 aromatic rings. The van der Waals surface area contributed by atoms with Gasteiger partial charge in [-0.1, -0.05) is 6.07 Å². The topological polar surface area (TPSA) is 98.1 Å². The normalized spacial score (nSPS) is 9.95. The SMILES string of the molecule is COc1ccnc(NNC(=O)CCn2ccccc2=O)n1. The van der Waals surface area contributed by atoms with Crippen molar-refractivity contribution < 1.29 is 9.53 Å². The molecular formula is C13H15N5O3. The lowest BCUT2D eigenvalue weighted by Gasteiger charge is -2.08. The molecule has 0 unspecified atom stereocenters. The van der Waals surface area contributed by atoms with Gasteiger partial charge in [0, 0.05) is 37.5 Å². The van der Waals surface area contributed by atoms with Crippen molar-refractivity contribution >= 4 is 11.9 Å². The zero-order valence-electron chi connectivity index (χ0n) is 11.4. The predicted molar refractivity (Wildman–Crippen MR) is 75.7 cm³/mol. The molecule has 0 fully saturated rings. The van der Waals surface area contributed by atoms with Crippen molar-refractivity contribution in [3.05, 3.63) is 47.0 Å². The molecule has 0 aromatic carbocycles. The van der Waals surface area contributed by atoms with Crippen LogP contribution in [0.3, 0.4) is 0 Å². The van der Waals surface area contributed by atoms with Crippen LogP contribution in [0.5, 0.6) is 5.88 Å². The number of methoxy groups -OCH3 is 1. The van der Waals surface area contributed by atoms with Crippen LogP contribution >= 0.6 is 0 Å². The van der Waals surface area contributed by atoms with E-state index in [2.05, 4.69) is 20.8 Å². The van der Waals surface area contributed by atoms with Gasteiger partial charge in [-0.05, 0) is 6.07 Å². The Hall–Kier alpha value is -2.90. The first-order valence-corrected chi connectivity index (χ1v) is 6.26. The van der Waals surface area contributed by atoms with Crippen molar-refractivity contribution in [3.63, 3.8) is 0 Å². The Kier molecular flexibility index (Phi) is 4.86. The second kappa shape index (κ2) is 7.04. The van der Waals surface area contributed by atoms with Crippen LogP contribution in [-0.4, -0.2) is 27.6 Å². The van der Waals surface area contributed by atoms with Crippen LogP contribution in [0.4, 0.5) is 5.95 Å². The van der Waals surface area contributed by atoms with Gasteiger partial charge in [0.25, 0.3) is 5.56 Å². The number of anilines is 1. The van der Waals surface area contributed by atoms with Crippen LogP contribution in [0, 0.1) is 0 Å². The van der Waals surface area contributed by atoms with E-state index in [-0.39, 0.29) is 23.8 Å². The standard InChI is InChI=1S/C13H15N5O3/c1-21-11-5-7-14-13(15-11)17-16-10(19)6-9-18-8-3-2-4-12(18)20/h2-5,7-8H,6,9H2,1H3,(H,16,19)(H,14,15,17). The highest BCUT2D eigenvalue weighted by molar-refractivity contribution is 5.76. The molecule has 110 valence electrons. The highest BCUT2D eigenvalue weighted by Gasteiger charge is 2.04. The summed E-state index contributed by atoms with van der Waals surface area (Å²) in [6, 6.07) is 6.43. The van der Waals surface area contributed by atoms with E-state index in [4.69, 9.17) is 4.74 Å². The van der Waals surface area contributed by atoms with E-state index in [0.29, 0.717) is 12.4 Å². The zero-order chi connectivity index (χ0) is 15.1. The molecule has 0 aliphatic heterocycles. The Morgan fingerprint density at radius 1 is 1.38 bits per heavy atom. The van der Waals surface area contributed by atoms with E-state index in [1.54, 1.807) is 24.4 Å². The third-order valence-corrected chi connectivity index (χ3v) is 2.63. The number of hydrogen-bond donors (Lipinski definition) is 2. The van der Waals surface area contributed by atoms with Crippen LogP contribution in [0.15, 0.2) is 41.5 Å². The van der Waals surface area contributed by atoms with Gasteiger partial charge < -0.3 is 9.30 Å². The van der Waals surface area contributed by atoms with Gasteiger partial charge in [-0.15, -0.1) is 0 Å². The largest absolute Gasteiger partial charge is 0.481 e. The number of carbonyl (C=O) groups excluding carboxylic acids is 1. The van der Waals surface area contributed by atoms with Gasteiger partial charge in [0.05, 0.1) is 7.11 Å². The van der Waals surface area contributed by atoms with E-state index >= 15 is 0 Å². The average molecular weight is 289 g/mol. The Labute approximate surface area is 120 Å². The Morgan fingerprint density at radius 3 is 3.00 bits per heavy atom. The maximum Gasteiger partial charge on any atom is 0.250 e. The third kappa shape index (κ3) is 4.30. The summed E-state index contributed by atoms with van der Waals surface area (Å²) in [6.07, 6.45) is 3.29. The number of aromatic nitrogens is 3. The molecule has 2 heterocycles. The lowest BCUT2D eigenvalue weighted by molar-refractivity contribution is -0.120. The smallest absolute Gasteiger partial charge is 0.250 e. The van der Waals surface area contributed by atoms with E-state index < -0.39 is 0 Å². The van der Waals surface area contributed by atoms with Gasteiger partial charge >= 0.3 is 0 Å². The second-order valence-electron chi connectivity index (χ2n) is 4.08. The van der Waals surface area contributed by atoms with E-state index in [1.165, 1.54) is 23.9 Å². The maximum absolute atomic E-state index is 11.7. The third-order valence-electron chi connectivity index (χ3n) is 2.63. The highest BCUT2D eigenvalue weighted by atomic mass is 16.5. The summed E-state index contributed by atoms with van der Waals surface area (Å²) in [7, 11) is 1.49. The van der Waals surface area contributed by atoms with Crippen LogP contribution < -0.4 is 21.1 Å². The van der Waals surface area contributed by atoms with Crippen LogP contribution in [0.25, 0.3) is 0 Å². The van der Waals surface area contributed by atoms with Gasteiger partial charge in [0.1, 0.15) is 0 Å². The van der Waals surface area contributed by atoms with Crippen molar-refractivity contribution in [1.82, 2.24) is 20.0 Å². The summed E-state index contributed by atoms with van der Waals surface area (Å²) in [4.78, 5) is 31.0. The molecule has 1 amide bonds. The number of pyridine rings is 1. The molecule has 0 aliphatic carbocycles. The summed E-state index contributed by atoms with van der Waals surface area (Å²) in [5.74, 6) is 0.328. The first kappa shape index (κ1) is 14.5. The number of ether oxygens (including phenoxy) is 1. The number of aryl methyl sites for hydroxylation is 1. The van der Waals surface area contributed by atoms with Gasteiger partial charge in [0.15, 0.2) is 0 Å². The molecule has 2 aromatic heterocycles. The quantitative estimate of drug-likeness (QED) is 0.736. The number of carbonyl (C=O) groups is 1. The first-order chi connectivity index (χ1) is 10.2. The Bertz CT molecular complexity index is 671. The van der Waals surface area contributed by atoms with E-state index in [0.717, 1.165) is 0 Å². The first-order valence-electron chi connectivity index (χ1n) is 6.26. The number of nitrogens with zero attached hydrogens (tertiary/aromatic N) is 3. The predicted octanol–water partition coefficient (Wildman–Crippen LogP) is 0.180. The fourth-order valence-corrected chi connectivity index (χ4v) is 1.57. The van der Waals surface area contributed by atoms with Gasteiger partial charge in [0.2, 0.25) is 17.7 Å². The van der Waals surface area contributed by atoms with Crippen LogP contribution in [0.2, 0.25) is 0 Å². The molecule has 0 saturated heterocycles. The average Bonchev–Trinajstić information content (AvgIpc) is 2.52. The Balaban J connectivity index is 1.82. The molecule has 2 rings (SSSR count). The van der Waals surface area contributed by atoms with Crippen molar-refractivity contribution in [1.29, 1.82) is 0 Å². The number of hydrogen-bond acceptors (Lipinski definition) is 6. The molecule has 0 bridgehead atoms. The molecule has 8 nitrogen and oxygen atoms in total.